The number of carbonyl (C=O) groups is 2. The van der Waals surface area contributed by atoms with Gasteiger partial charge in [-0.25, -0.2) is 4.79 Å². The van der Waals surface area contributed by atoms with E-state index in [9.17, 15) is 14.7 Å². The van der Waals surface area contributed by atoms with Crippen molar-refractivity contribution in [2.45, 2.75) is 32.0 Å². The van der Waals surface area contributed by atoms with Crippen LogP contribution in [-0.4, -0.2) is 42.9 Å². The van der Waals surface area contributed by atoms with Crippen LogP contribution in [-0.2, 0) is 14.3 Å². The number of rotatable bonds is 8. The number of para-hydroxylation sites is 1. The van der Waals surface area contributed by atoms with E-state index >= 15 is 0 Å². The topological polar surface area (TPSA) is 84.9 Å². The summed E-state index contributed by atoms with van der Waals surface area (Å²) in [5, 5.41) is 11.8. The Morgan fingerprint density at radius 3 is 2.76 bits per heavy atom. The number of amides is 1. The van der Waals surface area contributed by atoms with Gasteiger partial charge in [0.25, 0.3) is 0 Å². The molecule has 0 heterocycles. The lowest BCUT2D eigenvalue weighted by atomic mass is 10.0. The summed E-state index contributed by atoms with van der Waals surface area (Å²) >= 11 is 0. The smallest absolute Gasteiger partial charge is 0.337 e. The number of carbonyl (C=O) groups excluding carboxylic acids is 1. The molecule has 0 bridgehead atoms. The number of benzene rings is 1. The summed E-state index contributed by atoms with van der Waals surface area (Å²) in [6.07, 6.45) is 9.59. The molecule has 1 aliphatic rings. The van der Waals surface area contributed by atoms with Crippen molar-refractivity contribution in [1.29, 1.82) is 0 Å². The van der Waals surface area contributed by atoms with Crippen molar-refractivity contribution in [1.82, 2.24) is 0 Å². The Morgan fingerprint density at radius 1 is 1.24 bits per heavy atom. The number of carboxylic acid groups (broad SMARTS) is 1. The highest BCUT2D eigenvalue weighted by molar-refractivity contribution is 6.04. The van der Waals surface area contributed by atoms with Gasteiger partial charge in [-0.15, -0.1) is 11.8 Å². The van der Waals surface area contributed by atoms with Crippen molar-refractivity contribution >= 4 is 17.6 Å². The number of ether oxygens (including phenoxy) is 2. The molecule has 2 unspecified atom stereocenters. The van der Waals surface area contributed by atoms with Gasteiger partial charge in [-0.2, -0.15) is 0 Å². The standard InChI is InChI=1S/C23H25NO5/c1-3-4-5-8-15-29-21-16-17(11-13-20(21)28-2)12-14-22(25)24-19-10-7-6-9-18(19)23(26)27/h6-7,9-14,16,20-21H,3,8,15H2,1-2H3,(H,24,25)(H,26,27)/b14-12+. The first-order valence-electron chi connectivity index (χ1n) is 9.36. The second kappa shape index (κ2) is 11.6. The van der Waals surface area contributed by atoms with Crippen molar-refractivity contribution in [2.24, 2.45) is 0 Å². The molecule has 0 spiro atoms. The van der Waals surface area contributed by atoms with Crippen LogP contribution in [0.3, 0.4) is 0 Å². The van der Waals surface area contributed by atoms with E-state index < -0.39 is 11.9 Å². The maximum atomic E-state index is 12.2. The van der Waals surface area contributed by atoms with Crippen molar-refractivity contribution < 1.29 is 24.2 Å². The molecule has 152 valence electrons. The summed E-state index contributed by atoms with van der Waals surface area (Å²) in [5.41, 5.74) is 1.08. The van der Waals surface area contributed by atoms with Crippen LogP contribution in [0, 0.1) is 11.8 Å². The second-order valence-electron chi connectivity index (χ2n) is 6.19. The molecule has 29 heavy (non-hydrogen) atoms. The molecule has 1 aromatic carbocycles. The lowest BCUT2D eigenvalue weighted by Gasteiger charge is -2.24. The lowest BCUT2D eigenvalue weighted by molar-refractivity contribution is -0.111. The number of hydrogen-bond donors (Lipinski definition) is 2. The SMILES string of the molecule is CCC#CCCOC1C=C(/C=C/C(=O)Nc2ccccc2C(=O)O)C=CC1OC. The molecule has 2 N–H and O–H groups in total. The number of anilines is 1. The van der Waals surface area contributed by atoms with E-state index in [4.69, 9.17) is 9.47 Å². The van der Waals surface area contributed by atoms with Crippen LogP contribution in [0.1, 0.15) is 30.1 Å². The van der Waals surface area contributed by atoms with Gasteiger partial charge < -0.3 is 19.9 Å². The molecule has 0 aliphatic heterocycles. The minimum Gasteiger partial charge on any atom is -0.478 e. The lowest BCUT2D eigenvalue weighted by Crippen LogP contribution is -2.30. The van der Waals surface area contributed by atoms with Crippen molar-refractivity contribution in [3.63, 3.8) is 0 Å². The van der Waals surface area contributed by atoms with E-state index in [1.807, 2.05) is 25.2 Å². The van der Waals surface area contributed by atoms with Crippen LogP contribution < -0.4 is 5.32 Å². The normalized spacial score (nSPS) is 18.1. The number of hydrogen-bond acceptors (Lipinski definition) is 4. The molecule has 0 saturated carbocycles. The predicted molar refractivity (Wildman–Crippen MR) is 112 cm³/mol. The molecule has 2 atom stereocenters. The van der Waals surface area contributed by atoms with Gasteiger partial charge in [-0.1, -0.05) is 31.2 Å². The van der Waals surface area contributed by atoms with Gasteiger partial charge in [0.05, 0.1) is 17.9 Å². The fraction of sp³-hybridized carbons (Fsp3) is 0.304. The largest absolute Gasteiger partial charge is 0.478 e. The molecule has 0 saturated heterocycles. The summed E-state index contributed by atoms with van der Waals surface area (Å²) in [6.45, 7) is 2.49. The molecule has 0 fully saturated rings. The molecule has 6 nitrogen and oxygen atoms in total. The Bertz CT molecular complexity index is 873. The first-order valence-corrected chi connectivity index (χ1v) is 9.36. The van der Waals surface area contributed by atoms with Crippen LogP contribution in [0.5, 0.6) is 0 Å². The minimum atomic E-state index is -1.10. The van der Waals surface area contributed by atoms with Crippen LogP contribution in [0.15, 0.2) is 60.2 Å². The van der Waals surface area contributed by atoms with Gasteiger partial charge in [0.2, 0.25) is 5.91 Å². The molecular weight excluding hydrogens is 370 g/mol. The third-order valence-electron chi connectivity index (χ3n) is 4.11. The van der Waals surface area contributed by atoms with Crippen LogP contribution in [0.2, 0.25) is 0 Å². The number of allylic oxidation sites excluding steroid dienone is 3. The van der Waals surface area contributed by atoms with Crippen molar-refractivity contribution in [3.05, 3.63) is 65.8 Å². The highest BCUT2D eigenvalue weighted by Crippen LogP contribution is 2.18. The Hall–Kier alpha value is -3.14. The summed E-state index contributed by atoms with van der Waals surface area (Å²) in [6, 6.07) is 6.25. The monoisotopic (exact) mass is 395 g/mol. The van der Waals surface area contributed by atoms with E-state index in [0.29, 0.717) is 13.0 Å². The van der Waals surface area contributed by atoms with Gasteiger partial charge in [0.15, 0.2) is 0 Å². The van der Waals surface area contributed by atoms with Gasteiger partial charge in [-0.05, 0) is 29.9 Å². The van der Waals surface area contributed by atoms with Gasteiger partial charge in [-0.3, -0.25) is 4.79 Å². The fourth-order valence-corrected chi connectivity index (χ4v) is 2.71. The third-order valence-corrected chi connectivity index (χ3v) is 4.11. The van der Waals surface area contributed by atoms with Crippen LogP contribution in [0.25, 0.3) is 0 Å². The molecule has 1 amide bonds. The molecule has 0 aromatic heterocycles. The van der Waals surface area contributed by atoms with Gasteiger partial charge >= 0.3 is 5.97 Å². The zero-order chi connectivity index (χ0) is 21.1. The van der Waals surface area contributed by atoms with Crippen LogP contribution in [0.4, 0.5) is 5.69 Å². The fourth-order valence-electron chi connectivity index (χ4n) is 2.71. The Morgan fingerprint density at radius 2 is 2.03 bits per heavy atom. The van der Waals surface area contributed by atoms with Crippen molar-refractivity contribution in [2.75, 3.05) is 19.0 Å². The van der Waals surface area contributed by atoms with Gasteiger partial charge in [0.1, 0.15) is 12.2 Å². The van der Waals surface area contributed by atoms with Crippen LogP contribution >= 0.6 is 0 Å². The Labute approximate surface area is 170 Å². The quantitative estimate of drug-likeness (QED) is 0.399. The molecule has 6 heteroatoms. The van der Waals surface area contributed by atoms with Gasteiger partial charge in [0, 0.05) is 26.0 Å². The second-order valence-corrected chi connectivity index (χ2v) is 6.19. The van der Waals surface area contributed by atoms with E-state index in [0.717, 1.165) is 12.0 Å². The Kier molecular flexibility index (Phi) is 8.90. The predicted octanol–water partition coefficient (Wildman–Crippen LogP) is 3.58. The number of nitrogens with one attached hydrogen (secondary N) is 1. The summed E-state index contributed by atoms with van der Waals surface area (Å²) in [4.78, 5) is 23.4. The first kappa shape index (κ1) is 22.2. The molecule has 0 radical (unpaired) electrons. The molecule has 2 rings (SSSR count). The maximum absolute atomic E-state index is 12.2. The van der Waals surface area contributed by atoms with E-state index in [1.165, 1.54) is 12.1 Å². The van der Waals surface area contributed by atoms with Crippen molar-refractivity contribution in [3.8, 4) is 11.8 Å². The number of carboxylic acids is 1. The first-order chi connectivity index (χ1) is 14.0. The molecule has 1 aliphatic carbocycles. The summed E-state index contributed by atoms with van der Waals surface area (Å²) < 4.78 is 11.3. The maximum Gasteiger partial charge on any atom is 0.337 e. The zero-order valence-electron chi connectivity index (χ0n) is 16.6. The average molecular weight is 395 g/mol. The summed E-state index contributed by atoms with van der Waals surface area (Å²) in [7, 11) is 1.62. The van der Waals surface area contributed by atoms with E-state index in [1.54, 1.807) is 31.4 Å². The number of aromatic carboxylic acids is 1. The zero-order valence-corrected chi connectivity index (χ0v) is 16.6. The highest BCUT2D eigenvalue weighted by atomic mass is 16.5. The highest BCUT2D eigenvalue weighted by Gasteiger charge is 2.20. The Balaban J connectivity index is 2.00. The summed E-state index contributed by atoms with van der Waals surface area (Å²) in [5.74, 6) is 4.51. The molecular formula is C23H25NO5. The van der Waals surface area contributed by atoms with E-state index in [2.05, 4.69) is 17.2 Å². The number of methoxy groups -OCH3 is 1. The average Bonchev–Trinajstić information content (AvgIpc) is 2.72. The van der Waals surface area contributed by atoms with E-state index in [-0.39, 0.29) is 23.5 Å². The third kappa shape index (κ3) is 7.07. The minimum absolute atomic E-state index is 0.0357. The molecule has 1 aromatic rings.